The van der Waals surface area contributed by atoms with E-state index in [9.17, 15) is 4.79 Å². The summed E-state index contributed by atoms with van der Waals surface area (Å²) in [4.78, 5) is 14.7. The van der Waals surface area contributed by atoms with Crippen molar-refractivity contribution < 1.29 is 4.79 Å². The fourth-order valence-electron chi connectivity index (χ4n) is 3.25. The van der Waals surface area contributed by atoms with Crippen molar-refractivity contribution in [2.45, 2.75) is 38.5 Å². The molecule has 2 nitrogen and oxygen atoms in total. The van der Waals surface area contributed by atoms with Gasteiger partial charge in [-0.1, -0.05) is 37.3 Å². The lowest BCUT2D eigenvalue weighted by molar-refractivity contribution is -0.132. The lowest BCUT2D eigenvalue weighted by Gasteiger charge is -2.20. The van der Waals surface area contributed by atoms with E-state index in [1.54, 1.807) is 0 Å². The minimum Gasteiger partial charge on any atom is -0.342 e. The third kappa shape index (κ3) is 2.83. The first-order valence-electron chi connectivity index (χ1n) is 7.59. The smallest absolute Gasteiger partial charge is 0.226 e. The van der Waals surface area contributed by atoms with Gasteiger partial charge in [0.05, 0.1) is 0 Å². The van der Waals surface area contributed by atoms with Gasteiger partial charge in [-0.05, 0) is 43.1 Å². The summed E-state index contributed by atoms with van der Waals surface area (Å²) in [7, 11) is 0. The average Bonchev–Trinajstić information content (AvgIpc) is 3.23. The quantitative estimate of drug-likeness (QED) is 0.794. The van der Waals surface area contributed by atoms with Crippen molar-refractivity contribution in [1.29, 1.82) is 0 Å². The zero-order valence-corrected chi connectivity index (χ0v) is 11.7. The second-order valence-corrected chi connectivity index (χ2v) is 6.22. The van der Waals surface area contributed by atoms with Gasteiger partial charge in [0.2, 0.25) is 5.91 Å². The zero-order chi connectivity index (χ0) is 13.2. The Morgan fingerprint density at radius 3 is 2.74 bits per heavy atom. The van der Waals surface area contributed by atoms with Crippen LogP contribution in [-0.2, 0) is 4.79 Å². The molecule has 102 valence electrons. The number of carbonyl (C=O) groups is 1. The molecule has 1 aromatic carbocycles. The van der Waals surface area contributed by atoms with Crippen molar-refractivity contribution in [2.24, 2.45) is 11.8 Å². The van der Waals surface area contributed by atoms with Crippen LogP contribution >= 0.6 is 0 Å². The first kappa shape index (κ1) is 12.7. The predicted molar refractivity (Wildman–Crippen MR) is 76.9 cm³/mol. The monoisotopic (exact) mass is 257 g/mol. The second-order valence-electron chi connectivity index (χ2n) is 6.22. The highest BCUT2D eigenvalue weighted by Crippen LogP contribution is 2.48. The fraction of sp³-hybridized carbons (Fsp3) is 0.588. The van der Waals surface area contributed by atoms with Crippen LogP contribution in [0.2, 0.25) is 0 Å². The molecule has 0 N–H and O–H groups in total. The van der Waals surface area contributed by atoms with Crippen LogP contribution in [0.1, 0.15) is 44.1 Å². The SMILES string of the molecule is C[C@@H]1CCCN(C(=O)[C@@H]2C[C@@H]2c2ccccc2)CC1. The Balaban J connectivity index is 1.60. The van der Waals surface area contributed by atoms with Gasteiger partial charge in [-0.2, -0.15) is 0 Å². The maximum absolute atomic E-state index is 12.5. The lowest BCUT2D eigenvalue weighted by Crippen LogP contribution is -2.33. The number of hydrogen-bond acceptors (Lipinski definition) is 1. The first-order valence-corrected chi connectivity index (χ1v) is 7.59. The molecular formula is C17H23NO. The Kier molecular flexibility index (Phi) is 3.58. The van der Waals surface area contributed by atoms with Crippen LogP contribution < -0.4 is 0 Å². The molecule has 19 heavy (non-hydrogen) atoms. The molecule has 3 atom stereocenters. The maximum Gasteiger partial charge on any atom is 0.226 e. The number of hydrogen-bond donors (Lipinski definition) is 0. The molecule has 1 saturated heterocycles. The van der Waals surface area contributed by atoms with Crippen LogP contribution in [0.5, 0.6) is 0 Å². The van der Waals surface area contributed by atoms with E-state index < -0.39 is 0 Å². The number of likely N-dealkylation sites (tertiary alicyclic amines) is 1. The van der Waals surface area contributed by atoms with Gasteiger partial charge in [0.25, 0.3) is 0 Å². The molecular weight excluding hydrogens is 234 g/mol. The van der Waals surface area contributed by atoms with E-state index in [-0.39, 0.29) is 5.92 Å². The van der Waals surface area contributed by atoms with Gasteiger partial charge in [0.1, 0.15) is 0 Å². The third-order valence-electron chi connectivity index (χ3n) is 4.66. The van der Waals surface area contributed by atoms with Crippen LogP contribution in [0.3, 0.4) is 0 Å². The second kappa shape index (κ2) is 5.36. The number of benzene rings is 1. The molecule has 2 heteroatoms. The molecule has 0 unspecified atom stereocenters. The molecule has 2 fully saturated rings. The molecule has 0 spiro atoms. The zero-order valence-electron chi connectivity index (χ0n) is 11.7. The Hall–Kier alpha value is -1.31. The fourth-order valence-corrected chi connectivity index (χ4v) is 3.25. The molecule has 2 aliphatic rings. The van der Waals surface area contributed by atoms with Crippen LogP contribution in [-0.4, -0.2) is 23.9 Å². The summed E-state index contributed by atoms with van der Waals surface area (Å²) in [6.07, 6.45) is 4.68. The number of nitrogens with zero attached hydrogens (tertiary/aromatic N) is 1. The van der Waals surface area contributed by atoms with E-state index >= 15 is 0 Å². The van der Waals surface area contributed by atoms with Crippen LogP contribution in [0.15, 0.2) is 30.3 Å². The molecule has 0 radical (unpaired) electrons. The Morgan fingerprint density at radius 1 is 1.16 bits per heavy atom. The van der Waals surface area contributed by atoms with Crippen LogP contribution in [0.25, 0.3) is 0 Å². The summed E-state index contributed by atoms with van der Waals surface area (Å²) in [6.45, 7) is 4.25. The minimum atomic E-state index is 0.260. The molecule has 3 rings (SSSR count). The summed E-state index contributed by atoms with van der Waals surface area (Å²) in [6, 6.07) is 10.5. The van der Waals surface area contributed by atoms with E-state index in [1.807, 2.05) is 6.07 Å². The van der Waals surface area contributed by atoms with Gasteiger partial charge in [0.15, 0.2) is 0 Å². The predicted octanol–water partition coefficient (Wildman–Crippen LogP) is 3.44. The lowest BCUT2D eigenvalue weighted by atomic mass is 10.0. The molecule has 1 saturated carbocycles. The van der Waals surface area contributed by atoms with Gasteiger partial charge in [-0.15, -0.1) is 0 Å². The van der Waals surface area contributed by atoms with Gasteiger partial charge < -0.3 is 4.90 Å². The van der Waals surface area contributed by atoms with E-state index in [4.69, 9.17) is 0 Å². The van der Waals surface area contributed by atoms with Gasteiger partial charge >= 0.3 is 0 Å². The van der Waals surface area contributed by atoms with Gasteiger partial charge in [0, 0.05) is 19.0 Å². The number of rotatable bonds is 2. The standard InChI is InChI=1S/C17H23NO/c1-13-6-5-10-18(11-9-13)17(19)16-12-15(16)14-7-3-2-4-8-14/h2-4,7-8,13,15-16H,5-6,9-12H2,1H3/t13-,15-,16-/m1/s1. The largest absolute Gasteiger partial charge is 0.342 e. The van der Waals surface area contributed by atoms with Gasteiger partial charge in [-0.25, -0.2) is 0 Å². The highest BCUT2D eigenvalue weighted by molar-refractivity contribution is 5.83. The highest BCUT2D eigenvalue weighted by atomic mass is 16.2. The van der Waals surface area contributed by atoms with Crippen molar-refractivity contribution in [1.82, 2.24) is 4.90 Å². The highest BCUT2D eigenvalue weighted by Gasteiger charge is 2.45. The molecule has 1 heterocycles. The summed E-state index contributed by atoms with van der Waals surface area (Å²) >= 11 is 0. The third-order valence-corrected chi connectivity index (χ3v) is 4.66. The summed E-state index contributed by atoms with van der Waals surface area (Å²) < 4.78 is 0. The molecule has 0 aromatic heterocycles. The Labute approximate surface area is 115 Å². The maximum atomic E-state index is 12.5. The first-order chi connectivity index (χ1) is 9.25. The minimum absolute atomic E-state index is 0.260. The van der Waals surface area contributed by atoms with Crippen molar-refractivity contribution in [3.8, 4) is 0 Å². The molecule has 1 aromatic rings. The molecule has 1 aliphatic heterocycles. The molecule has 1 aliphatic carbocycles. The van der Waals surface area contributed by atoms with Gasteiger partial charge in [-0.3, -0.25) is 4.79 Å². The van der Waals surface area contributed by atoms with Crippen LogP contribution in [0.4, 0.5) is 0 Å². The van der Waals surface area contributed by atoms with Crippen molar-refractivity contribution in [3.63, 3.8) is 0 Å². The summed E-state index contributed by atoms with van der Waals surface area (Å²) in [5.74, 6) is 1.93. The van der Waals surface area contributed by atoms with E-state index in [2.05, 4.69) is 36.1 Å². The van der Waals surface area contributed by atoms with E-state index in [0.29, 0.717) is 11.8 Å². The number of carbonyl (C=O) groups excluding carboxylic acids is 1. The van der Waals surface area contributed by atoms with Crippen LogP contribution in [0, 0.1) is 11.8 Å². The molecule has 1 amide bonds. The van der Waals surface area contributed by atoms with Crippen molar-refractivity contribution in [2.75, 3.05) is 13.1 Å². The molecule has 0 bridgehead atoms. The van der Waals surface area contributed by atoms with E-state index in [1.165, 1.54) is 24.8 Å². The summed E-state index contributed by atoms with van der Waals surface area (Å²) in [5, 5.41) is 0. The van der Waals surface area contributed by atoms with Crippen molar-refractivity contribution >= 4 is 5.91 Å². The van der Waals surface area contributed by atoms with Crippen molar-refractivity contribution in [3.05, 3.63) is 35.9 Å². The summed E-state index contributed by atoms with van der Waals surface area (Å²) in [5.41, 5.74) is 1.34. The normalized spacial score (nSPS) is 30.8. The topological polar surface area (TPSA) is 20.3 Å². The Bertz CT molecular complexity index is 442. The Morgan fingerprint density at radius 2 is 1.95 bits per heavy atom. The van der Waals surface area contributed by atoms with E-state index in [0.717, 1.165) is 25.4 Å². The number of amides is 1. The average molecular weight is 257 g/mol.